The molecule has 4 rings (SSSR count). The lowest BCUT2D eigenvalue weighted by atomic mass is 10.1. The quantitative estimate of drug-likeness (QED) is 0.279. The number of rotatable bonds is 0. The standard InChI is InChI=1S/C9H12.C8H10.C7H8.C6H6/c1-7-4-8(2)6-9(3)5-7;1-7-5-3-4-6-8(7)2;1-7-5-3-2-4-6-7;1-2-4-6-5-3-1/h4-6H,1-3H3;3-6H,1-2H3;2-6H,1H3;1-6H. The van der Waals surface area contributed by atoms with E-state index in [-0.39, 0.29) is 0 Å². The van der Waals surface area contributed by atoms with E-state index in [1.165, 1.54) is 33.4 Å². The Morgan fingerprint density at radius 2 is 0.567 bits per heavy atom. The van der Waals surface area contributed by atoms with Crippen LogP contribution in [0.5, 0.6) is 0 Å². The highest BCUT2D eigenvalue weighted by atomic mass is 13.9. The highest BCUT2D eigenvalue weighted by Gasteiger charge is 1.87. The first-order chi connectivity index (χ1) is 14.4. The lowest BCUT2D eigenvalue weighted by Gasteiger charge is -1.96. The minimum Gasteiger partial charge on any atom is -0.0623 e. The molecule has 156 valence electrons. The Kier molecular flexibility index (Phi) is 12.3. The van der Waals surface area contributed by atoms with Crippen molar-refractivity contribution in [1.82, 2.24) is 0 Å². The molecular formula is C30H36. The second-order valence-electron chi connectivity index (χ2n) is 7.56. The van der Waals surface area contributed by atoms with E-state index in [2.05, 4.69) is 96.1 Å². The summed E-state index contributed by atoms with van der Waals surface area (Å²) in [5, 5.41) is 0. The van der Waals surface area contributed by atoms with Gasteiger partial charge in [0, 0.05) is 0 Å². The van der Waals surface area contributed by atoms with Gasteiger partial charge in [0.05, 0.1) is 0 Å². The number of benzene rings is 4. The third kappa shape index (κ3) is 12.4. The van der Waals surface area contributed by atoms with Crippen LogP contribution in [0.3, 0.4) is 0 Å². The minimum absolute atomic E-state index is 1.32. The smallest absolute Gasteiger partial charge is 0.0395 e. The van der Waals surface area contributed by atoms with Crippen molar-refractivity contribution in [2.45, 2.75) is 41.5 Å². The lowest BCUT2D eigenvalue weighted by Crippen LogP contribution is -1.78. The molecule has 0 unspecified atom stereocenters. The van der Waals surface area contributed by atoms with Crippen molar-refractivity contribution in [3.05, 3.63) is 143 Å². The summed E-state index contributed by atoms with van der Waals surface area (Å²) >= 11 is 0. The zero-order chi connectivity index (χ0) is 22.2. The van der Waals surface area contributed by atoms with Crippen LogP contribution in [0.1, 0.15) is 33.4 Å². The monoisotopic (exact) mass is 396 g/mol. The predicted molar refractivity (Wildman–Crippen MR) is 134 cm³/mol. The van der Waals surface area contributed by atoms with E-state index >= 15 is 0 Å². The van der Waals surface area contributed by atoms with Crippen LogP contribution in [-0.4, -0.2) is 0 Å². The van der Waals surface area contributed by atoms with Crippen molar-refractivity contribution in [2.24, 2.45) is 0 Å². The van der Waals surface area contributed by atoms with Crippen LogP contribution in [0.25, 0.3) is 0 Å². The third-order valence-corrected chi connectivity index (χ3v) is 4.40. The maximum absolute atomic E-state index is 2.19. The van der Waals surface area contributed by atoms with Crippen molar-refractivity contribution in [3.8, 4) is 0 Å². The van der Waals surface area contributed by atoms with Crippen molar-refractivity contribution >= 4 is 0 Å². The van der Waals surface area contributed by atoms with Gasteiger partial charge in [-0.3, -0.25) is 0 Å². The molecule has 0 bridgehead atoms. The fourth-order valence-electron chi connectivity index (χ4n) is 2.78. The van der Waals surface area contributed by atoms with Crippen molar-refractivity contribution < 1.29 is 0 Å². The van der Waals surface area contributed by atoms with Gasteiger partial charge in [-0.15, -0.1) is 0 Å². The summed E-state index contributed by atoms with van der Waals surface area (Å²) in [6.45, 7) is 12.7. The molecule has 0 heterocycles. The van der Waals surface area contributed by atoms with Gasteiger partial charge in [-0.05, 0) is 52.7 Å². The van der Waals surface area contributed by atoms with Crippen LogP contribution < -0.4 is 0 Å². The lowest BCUT2D eigenvalue weighted by molar-refractivity contribution is 1.32. The van der Waals surface area contributed by atoms with Gasteiger partial charge in [0.25, 0.3) is 0 Å². The first-order valence-corrected chi connectivity index (χ1v) is 10.5. The summed E-state index contributed by atoms with van der Waals surface area (Å²) in [6.07, 6.45) is 0. The molecule has 0 saturated carbocycles. The highest BCUT2D eigenvalue weighted by Crippen LogP contribution is 2.06. The Labute approximate surface area is 184 Å². The number of aryl methyl sites for hydroxylation is 6. The molecule has 0 aromatic heterocycles. The van der Waals surface area contributed by atoms with Gasteiger partial charge in [0.1, 0.15) is 0 Å². The average molecular weight is 397 g/mol. The van der Waals surface area contributed by atoms with E-state index in [9.17, 15) is 0 Å². The van der Waals surface area contributed by atoms with Crippen LogP contribution in [0.15, 0.2) is 109 Å². The number of hydrogen-bond donors (Lipinski definition) is 0. The third-order valence-electron chi connectivity index (χ3n) is 4.40. The van der Waals surface area contributed by atoms with E-state index in [0.29, 0.717) is 0 Å². The molecule has 4 aromatic rings. The normalized spacial score (nSPS) is 9.00. The van der Waals surface area contributed by atoms with Crippen molar-refractivity contribution in [1.29, 1.82) is 0 Å². The predicted octanol–water partition coefficient (Wildman–Crippen LogP) is 8.60. The van der Waals surface area contributed by atoms with E-state index in [4.69, 9.17) is 0 Å². The summed E-state index contributed by atoms with van der Waals surface area (Å²) in [6, 6.07) is 37.2. The Morgan fingerprint density at radius 1 is 0.300 bits per heavy atom. The van der Waals surface area contributed by atoms with Crippen LogP contribution in [0.2, 0.25) is 0 Å². The molecular weight excluding hydrogens is 360 g/mol. The summed E-state index contributed by atoms with van der Waals surface area (Å²) in [7, 11) is 0. The van der Waals surface area contributed by atoms with E-state index < -0.39 is 0 Å². The van der Waals surface area contributed by atoms with Gasteiger partial charge in [0.15, 0.2) is 0 Å². The van der Waals surface area contributed by atoms with Crippen molar-refractivity contribution in [2.75, 3.05) is 0 Å². The molecule has 0 radical (unpaired) electrons. The van der Waals surface area contributed by atoms with Gasteiger partial charge in [-0.1, -0.05) is 131 Å². The summed E-state index contributed by atoms with van der Waals surface area (Å²) in [5.41, 5.74) is 8.12. The molecule has 4 aromatic carbocycles. The SMILES string of the molecule is Cc1cc(C)cc(C)c1.Cc1ccccc1.Cc1ccccc1C.c1ccccc1. The molecule has 0 aliphatic rings. The van der Waals surface area contributed by atoms with E-state index in [0.717, 1.165) is 0 Å². The molecule has 0 amide bonds. The topological polar surface area (TPSA) is 0 Å². The number of hydrogen-bond acceptors (Lipinski definition) is 0. The zero-order valence-corrected chi connectivity index (χ0v) is 19.4. The first kappa shape index (κ1) is 24.9. The van der Waals surface area contributed by atoms with E-state index in [1.54, 1.807) is 0 Å². The molecule has 0 aliphatic carbocycles. The molecule has 30 heavy (non-hydrogen) atoms. The second kappa shape index (κ2) is 14.8. The molecule has 0 aliphatic heterocycles. The first-order valence-electron chi connectivity index (χ1n) is 10.5. The van der Waals surface area contributed by atoms with Gasteiger partial charge < -0.3 is 0 Å². The van der Waals surface area contributed by atoms with Gasteiger partial charge >= 0.3 is 0 Å². The van der Waals surface area contributed by atoms with Crippen LogP contribution in [0.4, 0.5) is 0 Å². The average Bonchev–Trinajstić information content (AvgIpc) is 2.73. The van der Waals surface area contributed by atoms with Crippen LogP contribution >= 0.6 is 0 Å². The summed E-state index contributed by atoms with van der Waals surface area (Å²) < 4.78 is 0. The second-order valence-corrected chi connectivity index (χ2v) is 7.56. The molecule has 0 heteroatoms. The Morgan fingerprint density at radius 3 is 0.800 bits per heavy atom. The molecule has 0 N–H and O–H groups in total. The maximum atomic E-state index is 2.19. The van der Waals surface area contributed by atoms with Crippen LogP contribution in [-0.2, 0) is 0 Å². The van der Waals surface area contributed by atoms with Crippen LogP contribution in [0, 0.1) is 41.5 Å². The molecule has 0 saturated heterocycles. The highest BCUT2D eigenvalue weighted by molar-refractivity contribution is 5.27. The Hall–Kier alpha value is -3.12. The fraction of sp³-hybridized carbons (Fsp3) is 0.200. The molecule has 0 spiro atoms. The largest absolute Gasteiger partial charge is 0.0623 e. The minimum atomic E-state index is 1.32. The van der Waals surface area contributed by atoms with E-state index in [1.807, 2.05) is 54.6 Å². The van der Waals surface area contributed by atoms with Gasteiger partial charge in [-0.2, -0.15) is 0 Å². The maximum Gasteiger partial charge on any atom is -0.0395 e. The molecule has 0 atom stereocenters. The van der Waals surface area contributed by atoms with Gasteiger partial charge in [-0.25, -0.2) is 0 Å². The molecule has 0 nitrogen and oxygen atoms in total. The van der Waals surface area contributed by atoms with Crippen molar-refractivity contribution in [3.63, 3.8) is 0 Å². The Bertz CT molecular complexity index is 840. The summed E-state index contributed by atoms with van der Waals surface area (Å²) in [4.78, 5) is 0. The fourth-order valence-corrected chi connectivity index (χ4v) is 2.78. The van der Waals surface area contributed by atoms with Gasteiger partial charge in [0.2, 0.25) is 0 Å². The zero-order valence-electron chi connectivity index (χ0n) is 19.4. The molecule has 0 fully saturated rings. The summed E-state index contributed by atoms with van der Waals surface area (Å²) in [5.74, 6) is 0. The Balaban J connectivity index is 0.000000202.